The molecule has 2 saturated heterocycles. The second-order valence-corrected chi connectivity index (χ2v) is 13.2. The van der Waals surface area contributed by atoms with Crippen LogP contribution in [0, 0.1) is 11.7 Å². The summed E-state index contributed by atoms with van der Waals surface area (Å²) in [6.45, 7) is 1.34. The second kappa shape index (κ2) is 14.2. The zero-order valence-electron chi connectivity index (χ0n) is 27.8. The van der Waals surface area contributed by atoms with Gasteiger partial charge in [-0.25, -0.2) is 9.37 Å². The maximum absolute atomic E-state index is 14.1. The first kappa shape index (κ1) is 33.7. The Balaban J connectivity index is 1.01. The lowest BCUT2D eigenvalue weighted by molar-refractivity contribution is -0.142. The Labute approximate surface area is 293 Å². The predicted octanol–water partition coefficient (Wildman–Crippen LogP) is 4.24. The maximum atomic E-state index is 14.1. The minimum absolute atomic E-state index is 0.0142. The minimum Gasteiger partial charge on any atom is -0.437 e. The van der Waals surface area contributed by atoms with Crippen molar-refractivity contribution in [1.82, 2.24) is 28.9 Å². The van der Waals surface area contributed by atoms with Gasteiger partial charge in [0.15, 0.2) is 5.69 Å². The van der Waals surface area contributed by atoms with Gasteiger partial charge in [0.2, 0.25) is 11.8 Å². The summed E-state index contributed by atoms with van der Waals surface area (Å²) in [4.78, 5) is 53.0. The quantitative estimate of drug-likeness (QED) is 0.246. The highest BCUT2D eigenvalue weighted by Crippen LogP contribution is 2.36. The Morgan fingerprint density at radius 3 is 2.41 bits per heavy atom. The molecule has 262 valence electrons. The number of carbonyl (C=O) groups is 2. The normalized spacial score (nSPS) is 18.7. The highest BCUT2D eigenvalue weighted by atomic mass is 19.1. The molecule has 12 nitrogen and oxygen atoms in total. The summed E-state index contributed by atoms with van der Waals surface area (Å²) in [5.74, 6) is -0.999. The number of benzene rings is 2. The van der Waals surface area contributed by atoms with Crippen LogP contribution >= 0.6 is 0 Å². The molecule has 2 amide bonds. The monoisotopic (exact) mass is 691 g/mol. The van der Waals surface area contributed by atoms with Crippen LogP contribution in [0.25, 0.3) is 5.69 Å². The summed E-state index contributed by atoms with van der Waals surface area (Å²) in [7, 11) is 0. The van der Waals surface area contributed by atoms with Gasteiger partial charge in [0, 0.05) is 56.6 Å². The van der Waals surface area contributed by atoms with Crippen LogP contribution in [0.4, 0.5) is 10.1 Å². The molecule has 2 fully saturated rings. The molecule has 51 heavy (non-hydrogen) atoms. The third-order valence-corrected chi connectivity index (χ3v) is 9.85. The van der Waals surface area contributed by atoms with Crippen molar-refractivity contribution in [1.29, 1.82) is 0 Å². The van der Waals surface area contributed by atoms with Crippen LogP contribution in [0.2, 0.25) is 0 Å². The van der Waals surface area contributed by atoms with Crippen molar-refractivity contribution in [3.8, 4) is 17.3 Å². The third-order valence-electron chi connectivity index (χ3n) is 9.85. The van der Waals surface area contributed by atoms with Gasteiger partial charge in [-0.05, 0) is 67.3 Å². The molecule has 0 radical (unpaired) electrons. The maximum Gasteiger partial charge on any atom is 0.280 e. The topological polar surface area (TPSA) is 149 Å². The molecule has 5 aromatic rings. The average Bonchev–Trinajstić information content (AvgIpc) is 3.71. The second-order valence-electron chi connectivity index (χ2n) is 13.2. The lowest BCUT2D eigenvalue weighted by Gasteiger charge is -2.43. The van der Waals surface area contributed by atoms with E-state index in [4.69, 9.17) is 10.5 Å². The third kappa shape index (κ3) is 7.24. The smallest absolute Gasteiger partial charge is 0.280 e. The van der Waals surface area contributed by atoms with Gasteiger partial charge in [-0.1, -0.05) is 30.3 Å². The summed E-state index contributed by atoms with van der Waals surface area (Å²) >= 11 is 0. The van der Waals surface area contributed by atoms with E-state index in [1.165, 1.54) is 35.2 Å². The van der Waals surface area contributed by atoms with E-state index in [1.807, 2.05) is 65.5 Å². The molecule has 0 aliphatic carbocycles. The molecule has 0 unspecified atom stereocenters. The van der Waals surface area contributed by atoms with Crippen LogP contribution in [-0.2, 0) is 11.3 Å². The Morgan fingerprint density at radius 1 is 0.961 bits per heavy atom. The van der Waals surface area contributed by atoms with E-state index >= 15 is 0 Å². The first-order valence-corrected chi connectivity index (χ1v) is 16.9. The van der Waals surface area contributed by atoms with Crippen molar-refractivity contribution in [3.63, 3.8) is 0 Å². The fourth-order valence-corrected chi connectivity index (χ4v) is 7.00. The molecule has 3 aromatic heterocycles. The summed E-state index contributed by atoms with van der Waals surface area (Å²) in [5.41, 5.74) is 6.22. The number of hydrogen-bond acceptors (Lipinski definition) is 8. The van der Waals surface area contributed by atoms with Gasteiger partial charge in [0.25, 0.3) is 11.5 Å². The van der Waals surface area contributed by atoms with Crippen molar-refractivity contribution in [3.05, 3.63) is 131 Å². The van der Waals surface area contributed by atoms with Gasteiger partial charge in [0.05, 0.1) is 29.6 Å². The number of rotatable bonds is 8. The largest absolute Gasteiger partial charge is 0.437 e. The van der Waals surface area contributed by atoms with Crippen LogP contribution < -0.4 is 16.0 Å². The molecule has 3 N–H and O–H groups in total. The number of anilines is 1. The Morgan fingerprint density at radius 2 is 1.69 bits per heavy atom. The minimum atomic E-state index is -1.27. The number of nitrogens with two attached hydrogens (primary N) is 1. The Hall–Kier alpha value is -5.82. The molecule has 13 heteroatoms. The summed E-state index contributed by atoms with van der Waals surface area (Å²) in [5, 5.41) is 11.5. The first-order valence-electron chi connectivity index (χ1n) is 16.9. The molecule has 0 bridgehead atoms. The van der Waals surface area contributed by atoms with Crippen molar-refractivity contribution < 1.29 is 23.8 Å². The number of pyridine rings is 1. The van der Waals surface area contributed by atoms with Gasteiger partial charge < -0.3 is 29.9 Å². The van der Waals surface area contributed by atoms with E-state index in [1.54, 1.807) is 22.2 Å². The van der Waals surface area contributed by atoms with Crippen molar-refractivity contribution in [2.75, 3.05) is 31.9 Å². The lowest BCUT2D eigenvalue weighted by atomic mass is 9.79. The number of hydrogen-bond donors (Lipinski definition) is 2. The van der Waals surface area contributed by atoms with Gasteiger partial charge in [-0.3, -0.25) is 23.9 Å². The van der Waals surface area contributed by atoms with Gasteiger partial charge in [0.1, 0.15) is 17.9 Å². The molecule has 0 saturated carbocycles. The highest BCUT2D eigenvalue weighted by Gasteiger charge is 2.42. The summed E-state index contributed by atoms with van der Waals surface area (Å²) < 4.78 is 22.0. The fraction of sp³-hybridized carbons (Fsp3) is 0.289. The van der Waals surface area contributed by atoms with Gasteiger partial charge in [-0.2, -0.15) is 0 Å². The zero-order valence-corrected chi connectivity index (χ0v) is 27.8. The van der Waals surface area contributed by atoms with Crippen LogP contribution in [-0.4, -0.2) is 77.6 Å². The Bertz CT molecular complexity index is 2060. The summed E-state index contributed by atoms with van der Waals surface area (Å²) in [6.07, 6.45) is 9.33. The number of amides is 2. The molecular formula is C38H38FN7O5. The number of nitrogen functional groups attached to an aromatic ring is 1. The number of aliphatic hydroxyl groups is 1. The molecule has 5 heterocycles. The highest BCUT2D eigenvalue weighted by molar-refractivity contribution is 5.94. The number of nitrogens with zero attached hydrogens (tertiary/aromatic N) is 6. The summed E-state index contributed by atoms with van der Waals surface area (Å²) in [6, 6.07) is 20.7. The van der Waals surface area contributed by atoms with E-state index in [-0.39, 0.29) is 60.4 Å². The number of ether oxygens (including phenoxy) is 1. The number of halogens is 1. The van der Waals surface area contributed by atoms with Gasteiger partial charge >= 0.3 is 0 Å². The number of carbonyl (C=O) groups excluding carboxylic acids is 2. The van der Waals surface area contributed by atoms with Crippen LogP contribution in [0.15, 0.2) is 109 Å². The number of piperidine rings is 2. The number of likely N-dealkylation sites (tertiary alicyclic amines) is 2. The lowest BCUT2D eigenvalue weighted by Crippen LogP contribution is -2.53. The average molecular weight is 692 g/mol. The van der Waals surface area contributed by atoms with Gasteiger partial charge in [-0.15, -0.1) is 0 Å². The molecule has 7 rings (SSSR count). The van der Waals surface area contributed by atoms with E-state index in [0.29, 0.717) is 38.2 Å². The van der Waals surface area contributed by atoms with Crippen LogP contribution in [0.5, 0.6) is 11.6 Å². The molecule has 2 aliphatic rings. The molecule has 2 aliphatic heterocycles. The zero-order chi connectivity index (χ0) is 35.5. The molecule has 0 spiro atoms. The van der Waals surface area contributed by atoms with E-state index < -0.39 is 17.0 Å². The van der Waals surface area contributed by atoms with E-state index in [0.717, 1.165) is 11.3 Å². The van der Waals surface area contributed by atoms with E-state index in [9.17, 15) is 23.9 Å². The molecule has 2 atom stereocenters. The fourth-order valence-electron chi connectivity index (χ4n) is 7.00. The van der Waals surface area contributed by atoms with Crippen molar-refractivity contribution in [2.45, 2.75) is 37.3 Å². The first-order chi connectivity index (χ1) is 24.7. The predicted molar refractivity (Wildman–Crippen MR) is 187 cm³/mol. The number of aromatic nitrogens is 4. The van der Waals surface area contributed by atoms with Crippen molar-refractivity contribution in [2.24, 2.45) is 5.92 Å². The van der Waals surface area contributed by atoms with Crippen molar-refractivity contribution >= 4 is 17.5 Å². The Kier molecular flexibility index (Phi) is 9.37. The molecule has 2 aromatic carbocycles. The van der Waals surface area contributed by atoms with Crippen LogP contribution in [0.3, 0.4) is 0 Å². The van der Waals surface area contributed by atoms with Crippen LogP contribution in [0.1, 0.15) is 41.1 Å². The van der Waals surface area contributed by atoms with E-state index in [2.05, 4.69) is 9.97 Å². The molecular weight excluding hydrogens is 653 g/mol. The standard InChI is InChI=1S/C38H38FN7O5/c39-28-8-10-30(11-9-28)51-34-33(40)37(49)46(25-42-34)24-38(50)13-18-44(19-14-38)36(48)31-12-17-45(23-32(31)26-6-2-1-3-7-26)35(47)27-20-29(22-41-21-27)43-15-4-5-16-43/h1-11,15-16,20-22,25,31-32,50H,12-14,17-19,23-24,40H2/t31-,32+/m1/s1. The SMILES string of the molecule is Nc1c(Oc2ccc(F)cc2)ncn(CC2(O)CCN(C(=O)[C@@H]3CCN(C(=O)c4cncc(-n5cccc5)c4)C[C@H]3c3ccccc3)CC2)c1=O.